The molecule has 0 saturated heterocycles. The van der Waals surface area contributed by atoms with E-state index in [1.165, 1.54) is 9.13 Å². The van der Waals surface area contributed by atoms with Crippen LogP contribution in [0.15, 0.2) is 42.5 Å². The molecule has 1 heterocycles. The Hall–Kier alpha value is -1.07. The third kappa shape index (κ3) is 2.83. The van der Waals surface area contributed by atoms with Gasteiger partial charge in [-0.3, -0.25) is 4.79 Å². The zero-order valence-corrected chi connectivity index (χ0v) is 13.7. The van der Waals surface area contributed by atoms with Gasteiger partial charge in [0.25, 0.3) is 0 Å². The van der Waals surface area contributed by atoms with E-state index in [1.54, 1.807) is 0 Å². The van der Waals surface area contributed by atoms with Gasteiger partial charge in [-0.05, 0) is 70.5 Å². The zero-order valence-electron chi connectivity index (χ0n) is 10.8. The van der Waals surface area contributed by atoms with Crippen molar-refractivity contribution in [2.45, 2.75) is 19.4 Å². The maximum absolute atomic E-state index is 12.2. The lowest BCUT2D eigenvalue weighted by atomic mass is 10.0. The van der Waals surface area contributed by atoms with Gasteiger partial charge in [0.15, 0.2) is 0 Å². The van der Waals surface area contributed by atoms with Crippen LogP contribution in [-0.4, -0.2) is 5.91 Å². The van der Waals surface area contributed by atoms with Crippen molar-refractivity contribution in [1.82, 2.24) is 0 Å². The Bertz CT molecular complexity index is 654. The molecule has 0 unspecified atom stereocenters. The number of carbonyl (C=O) groups is 1. The molecule has 2 aromatic carbocycles. The molecule has 0 saturated carbocycles. The lowest BCUT2D eigenvalue weighted by Gasteiger charge is -2.29. The molecule has 20 heavy (non-hydrogen) atoms. The summed E-state index contributed by atoms with van der Waals surface area (Å²) in [6.07, 6.45) is 1.42. The maximum Gasteiger partial charge on any atom is 0.227 e. The molecular formula is C16H13ClINO. The predicted octanol–water partition coefficient (Wildman–Crippen LogP) is 4.42. The van der Waals surface area contributed by atoms with Crippen LogP contribution in [0.5, 0.6) is 0 Å². The van der Waals surface area contributed by atoms with E-state index in [9.17, 15) is 4.79 Å². The van der Waals surface area contributed by atoms with Crippen molar-refractivity contribution in [3.05, 3.63) is 62.2 Å². The van der Waals surface area contributed by atoms with Crippen LogP contribution in [0.3, 0.4) is 0 Å². The molecule has 1 amide bonds. The molecule has 0 spiro atoms. The molecule has 0 aliphatic carbocycles. The van der Waals surface area contributed by atoms with Gasteiger partial charge in [0, 0.05) is 20.7 Å². The molecule has 2 aromatic rings. The number of halogens is 2. The van der Waals surface area contributed by atoms with Crippen LogP contribution >= 0.6 is 34.2 Å². The van der Waals surface area contributed by atoms with Gasteiger partial charge in [0.1, 0.15) is 0 Å². The van der Waals surface area contributed by atoms with Crippen LogP contribution in [0.2, 0.25) is 5.02 Å². The van der Waals surface area contributed by atoms with Gasteiger partial charge in [0.2, 0.25) is 5.91 Å². The smallest absolute Gasteiger partial charge is 0.227 e. The van der Waals surface area contributed by atoms with Crippen molar-refractivity contribution in [2.24, 2.45) is 0 Å². The summed E-state index contributed by atoms with van der Waals surface area (Å²) in [5.41, 5.74) is 3.39. The largest absolute Gasteiger partial charge is 0.308 e. The van der Waals surface area contributed by atoms with Crippen LogP contribution < -0.4 is 4.90 Å². The fourth-order valence-electron chi connectivity index (χ4n) is 2.47. The number of benzene rings is 2. The Morgan fingerprint density at radius 3 is 2.60 bits per heavy atom. The highest BCUT2D eigenvalue weighted by Gasteiger charge is 2.24. The summed E-state index contributed by atoms with van der Waals surface area (Å²) in [6.45, 7) is 0.601. The van der Waals surface area contributed by atoms with Crippen LogP contribution in [0.25, 0.3) is 0 Å². The molecular weight excluding hydrogens is 385 g/mol. The topological polar surface area (TPSA) is 20.3 Å². The second-order valence-electron chi connectivity index (χ2n) is 4.88. The molecule has 0 aromatic heterocycles. The zero-order chi connectivity index (χ0) is 14.1. The lowest BCUT2D eigenvalue weighted by molar-refractivity contribution is -0.119. The van der Waals surface area contributed by atoms with E-state index in [0.29, 0.717) is 18.0 Å². The number of amides is 1. The Morgan fingerprint density at radius 2 is 1.85 bits per heavy atom. The van der Waals surface area contributed by atoms with Crippen molar-refractivity contribution < 1.29 is 4.79 Å². The minimum absolute atomic E-state index is 0.189. The summed E-state index contributed by atoms with van der Waals surface area (Å²) in [4.78, 5) is 14.1. The number of fused-ring (bicyclic) bond motifs is 1. The van der Waals surface area contributed by atoms with E-state index in [2.05, 4.69) is 28.7 Å². The summed E-state index contributed by atoms with van der Waals surface area (Å²) in [6, 6.07) is 13.9. The van der Waals surface area contributed by atoms with E-state index in [4.69, 9.17) is 11.6 Å². The van der Waals surface area contributed by atoms with Crippen molar-refractivity contribution >= 4 is 45.8 Å². The standard InChI is InChI=1S/C16H13ClINO/c17-13-4-1-11(2-5-13)10-19-15-7-6-14(18)9-12(15)3-8-16(19)20/h1-2,4-7,9H,3,8,10H2. The summed E-state index contributed by atoms with van der Waals surface area (Å²) < 4.78 is 1.21. The van der Waals surface area contributed by atoms with Crippen LogP contribution in [0.4, 0.5) is 5.69 Å². The van der Waals surface area contributed by atoms with Crippen molar-refractivity contribution in [3.8, 4) is 0 Å². The summed E-state index contributed by atoms with van der Waals surface area (Å²) in [5.74, 6) is 0.189. The number of aryl methyl sites for hydroxylation is 1. The molecule has 2 nitrogen and oxygen atoms in total. The number of nitrogens with zero attached hydrogens (tertiary/aromatic N) is 1. The molecule has 1 aliphatic heterocycles. The third-order valence-electron chi connectivity index (χ3n) is 3.50. The Kier molecular flexibility index (Phi) is 3.98. The highest BCUT2D eigenvalue weighted by Crippen LogP contribution is 2.30. The first-order valence-electron chi connectivity index (χ1n) is 6.47. The van der Waals surface area contributed by atoms with E-state index >= 15 is 0 Å². The average Bonchev–Trinajstić information content (AvgIpc) is 2.44. The molecule has 1 aliphatic rings. The summed E-state index contributed by atoms with van der Waals surface area (Å²) in [7, 11) is 0. The van der Waals surface area contributed by atoms with Crippen molar-refractivity contribution in [1.29, 1.82) is 0 Å². The Morgan fingerprint density at radius 1 is 1.10 bits per heavy atom. The normalized spacial score (nSPS) is 14.3. The fourth-order valence-corrected chi connectivity index (χ4v) is 3.16. The van der Waals surface area contributed by atoms with Crippen LogP contribution in [-0.2, 0) is 17.8 Å². The van der Waals surface area contributed by atoms with Crippen molar-refractivity contribution in [3.63, 3.8) is 0 Å². The summed E-state index contributed by atoms with van der Waals surface area (Å²) in [5, 5.41) is 0.716. The number of anilines is 1. The molecule has 0 fully saturated rings. The van der Waals surface area contributed by atoms with E-state index in [-0.39, 0.29) is 5.91 Å². The second-order valence-corrected chi connectivity index (χ2v) is 6.56. The first-order chi connectivity index (χ1) is 9.63. The molecule has 102 valence electrons. The first-order valence-corrected chi connectivity index (χ1v) is 7.92. The first kappa shape index (κ1) is 13.9. The van der Waals surface area contributed by atoms with Gasteiger partial charge in [-0.15, -0.1) is 0 Å². The number of hydrogen-bond acceptors (Lipinski definition) is 1. The lowest BCUT2D eigenvalue weighted by Crippen LogP contribution is -2.34. The monoisotopic (exact) mass is 397 g/mol. The Balaban J connectivity index is 1.93. The number of rotatable bonds is 2. The van der Waals surface area contributed by atoms with Gasteiger partial charge >= 0.3 is 0 Å². The molecule has 0 bridgehead atoms. The molecule has 0 radical (unpaired) electrons. The van der Waals surface area contributed by atoms with Gasteiger partial charge in [-0.25, -0.2) is 0 Å². The second kappa shape index (κ2) is 5.74. The molecule has 0 N–H and O–H groups in total. The Labute approximate surface area is 136 Å². The highest BCUT2D eigenvalue weighted by atomic mass is 127. The minimum Gasteiger partial charge on any atom is -0.308 e. The molecule has 0 atom stereocenters. The third-order valence-corrected chi connectivity index (χ3v) is 4.42. The van der Waals surface area contributed by atoms with Crippen LogP contribution in [0, 0.1) is 3.57 Å². The maximum atomic E-state index is 12.2. The van der Waals surface area contributed by atoms with Gasteiger partial charge < -0.3 is 4.90 Å². The van der Waals surface area contributed by atoms with Gasteiger partial charge in [-0.2, -0.15) is 0 Å². The highest BCUT2D eigenvalue weighted by molar-refractivity contribution is 14.1. The molecule has 4 heteroatoms. The molecule has 3 rings (SSSR count). The fraction of sp³-hybridized carbons (Fsp3) is 0.188. The van der Waals surface area contributed by atoms with Gasteiger partial charge in [-0.1, -0.05) is 23.7 Å². The van der Waals surface area contributed by atoms with Crippen LogP contribution in [0.1, 0.15) is 17.5 Å². The summed E-state index contributed by atoms with van der Waals surface area (Å²) >= 11 is 8.21. The minimum atomic E-state index is 0.189. The van der Waals surface area contributed by atoms with Crippen molar-refractivity contribution in [2.75, 3.05) is 4.90 Å². The van der Waals surface area contributed by atoms with E-state index in [0.717, 1.165) is 17.7 Å². The predicted molar refractivity (Wildman–Crippen MR) is 90.1 cm³/mol. The number of carbonyl (C=O) groups excluding carboxylic acids is 1. The van der Waals surface area contributed by atoms with Gasteiger partial charge in [0.05, 0.1) is 6.54 Å². The number of hydrogen-bond donors (Lipinski definition) is 0. The quantitative estimate of drug-likeness (QED) is 0.687. The van der Waals surface area contributed by atoms with E-state index < -0.39 is 0 Å². The SMILES string of the molecule is O=C1CCc2cc(I)ccc2N1Cc1ccc(Cl)cc1. The average molecular weight is 398 g/mol. The van der Waals surface area contributed by atoms with E-state index in [1.807, 2.05) is 41.3 Å².